The van der Waals surface area contributed by atoms with Crippen molar-refractivity contribution in [2.45, 2.75) is 6.92 Å². The molecule has 0 spiro atoms. The number of hydrogen-bond donors (Lipinski definition) is 3. The van der Waals surface area contributed by atoms with Gasteiger partial charge in [0.2, 0.25) is 5.91 Å². The summed E-state index contributed by atoms with van der Waals surface area (Å²) in [4.78, 5) is 38.8. The molecule has 4 N–H and O–H groups in total. The minimum Gasteiger partial charge on any atom is -0.497 e. The van der Waals surface area contributed by atoms with E-state index in [9.17, 15) is 14.4 Å². The molecule has 0 saturated carbocycles. The molecular weight excluding hydrogens is 360 g/mol. The molecular formula is C20H20N4O4. The fourth-order valence-corrected chi connectivity index (χ4v) is 2.90. The molecule has 1 fully saturated rings. The molecule has 3 rings (SSSR count). The first-order valence-corrected chi connectivity index (χ1v) is 8.57. The van der Waals surface area contributed by atoms with E-state index >= 15 is 0 Å². The normalized spacial score (nSPS) is 17.4. The number of allylic oxidation sites excluding steroid dienone is 1. The SMILES string of the molecule is C/C=C(/Nc1ccccc1N)[C@H]1C(=O)NC(=O)N(c2ccc(OC)cc2)C1=O. The van der Waals surface area contributed by atoms with Crippen LogP contribution in [-0.4, -0.2) is 25.0 Å². The van der Waals surface area contributed by atoms with Gasteiger partial charge in [0.1, 0.15) is 5.75 Å². The summed E-state index contributed by atoms with van der Waals surface area (Å²) in [6, 6.07) is 12.6. The number of nitrogens with zero attached hydrogens (tertiary/aromatic N) is 1. The molecule has 0 aliphatic carbocycles. The maximum atomic E-state index is 13.1. The van der Waals surface area contributed by atoms with Crippen molar-refractivity contribution in [1.82, 2.24) is 5.32 Å². The number of nitrogen functional groups attached to an aromatic ring is 1. The number of urea groups is 1. The van der Waals surface area contributed by atoms with E-state index in [1.807, 2.05) is 0 Å². The lowest BCUT2D eigenvalue weighted by Gasteiger charge is -2.31. The average Bonchev–Trinajstić information content (AvgIpc) is 2.68. The van der Waals surface area contributed by atoms with Crippen LogP contribution in [-0.2, 0) is 9.59 Å². The smallest absolute Gasteiger partial charge is 0.335 e. The van der Waals surface area contributed by atoms with Crippen LogP contribution in [0.4, 0.5) is 21.9 Å². The highest BCUT2D eigenvalue weighted by Gasteiger charge is 2.43. The Kier molecular flexibility index (Phi) is 5.30. The maximum absolute atomic E-state index is 13.1. The first kappa shape index (κ1) is 19.0. The van der Waals surface area contributed by atoms with E-state index in [-0.39, 0.29) is 0 Å². The summed E-state index contributed by atoms with van der Waals surface area (Å²) in [5, 5.41) is 5.27. The summed E-state index contributed by atoms with van der Waals surface area (Å²) in [6.45, 7) is 1.69. The molecule has 0 radical (unpaired) electrons. The van der Waals surface area contributed by atoms with Crippen molar-refractivity contribution in [2.75, 3.05) is 23.1 Å². The highest BCUT2D eigenvalue weighted by atomic mass is 16.5. The Bertz CT molecular complexity index is 953. The van der Waals surface area contributed by atoms with E-state index in [1.54, 1.807) is 61.5 Å². The molecule has 2 aromatic carbocycles. The van der Waals surface area contributed by atoms with Crippen molar-refractivity contribution < 1.29 is 19.1 Å². The van der Waals surface area contributed by atoms with Crippen molar-refractivity contribution in [2.24, 2.45) is 5.92 Å². The van der Waals surface area contributed by atoms with Crippen molar-refractivity contribution >= 4 is 34.9 Å². The van der Waals surface area contributed by atoms with Gasteiger partial charge < -0.3 is 15.8 Å². The molecule has 0 aromatic heterocycles. The number of benzene rings is 2. The second kappa shape index (κ2) is 7.83. The zero-order valence-electron chi connectivity index (χ0n) is 15.4. The fourth-order valence-electron chi connectivity index (χ4n) is 2.90. The van der Waals surface area contributed by atoms with Crippen LogP contribution in [0.25, 0.3) is 0 Å². The summed E-state index contributed by atoms with van der Waals surface area (Å²) in [5.74, 6) is -2.00. The summed E-state index contributed by atoms with van der Waals surface area (Å²) >= 11 is 0. The molecule has 4 amide bonds. The molecule has 28 heavy (non-hydrogen) atoms. The molecule has 8 nitrogen and oxygen atoms in total. The Morgan fingerprint density at radius 3 is 2.43 bits per heavy atom. The van der Waals surface area contributed by atoms with Crippen LogP contribution < -0.4 is 26.0 Å². The van der Waals surface area contributed by atoms with Gasteiger partial charge in [-0.15, -0.1) is 0 Å². The molecule has 1 saturated heterocycles. The molecule has 0 unspecified atom stereocenters. The second-order valence-corrected chi connectivity index (χ2v) is 6.06. The van der Waals surface area contributed by atoms with Gasteiger partial charge in [0, 0.05) is 5.70 Å². The van der Waals surface area contributed by atoms with E-state index in [4.69, 9.17) is 10.5 Å². The number of amides is 4. The van der Waals surface area contributed by atoms with Crippen molar-refractivity contribution in [3.8, 4) is 5.75 Å². The van der Waals surface area contributed by atoms with Gasteiger partial charge in [-0.1, -0.05) is 18.2 Å². The fraction of sp³-hybridized carbons (Fsp3) is 0.150. The van der Waals surface area contributed by atoms with Crippen LogP contribution in [0.1, 0.15) is 6.92 Å². The molecule has 1 atom stereocenters. The minimum atomic E-state index is -1.22. The number of para-hydroxylation sites is 2. The van der Waals surface area contributed by atoms with Crippen LogP contribution in [0.15, 0.2) is 60.3 Å². The lowest BCUT2D eigenvalue weighted by atomic mass is 9.99. The Hall–Kier alpha value is -3.81. The summed E-state index contributed by atoms with van der Waals surface area (Å²) in [6.07, 6.45) is 1.61. The van der Waals surface area contributed by atoms with Gasteiger partial charge in [0.25, 0.3) is 5.91 Å². The summed E-state index contributed by atoms with van der Waals surface area (Å²) < 4.78 is 5.09. The first-order chi connectivity index (χ1) is 13.5. The molecule has 0 bridgehead atoms. The average molecular weight is 380 g/mol. The number of hydrogen-bond acceptors (Lipinski definition) is 6. The second-order valence-electron chi connectivity index (χ2n) is 6.06. The summed E-state index contributed by atoms with van der Waals surface area (Å²) in [5.41, 5.74) is 7.62. The van der Waals surface area contributed by atoms with E-state index in [0.29, 0.717) is 28.5 Å². The van der Waals surface area contributed by atoms with Gasteiger partial charge in [0.15, 0.2) is 5.92 Å². The number of imide groups is 2. The zero-order valence-corrected chi connectivity index (χ0v) is 15.4. The highest BCUT2D eigenvalue weighted by Crippen LogP contribution is 2.28. The standard InChI is InChI=1S/C20H20N4O4/c1-3-15(22-16-7-5-4-6-14(16)21)17-18(25)23-20(27)24(19(17)26)12-8-10-13(28-2)11-9-12/h3-11,17,22H,21H2,1-2H3,(H,23,25,27)/b15-3+/t17-/m0/s1. The van der Waals surface area contributed by atoms with Gasteiger partial charge in [-0.25, -0.2) is 9.69 Å². The number of methoxy groups -OCH3 is 1. The Balaban J connectivity index is 1.93. The molecule has 2 aromatic rings. The van der Waals surface area contributed by atoms with E-state index < -0.39 is 23.8 Å². The number of nitrogens with one attached hydrogen (secondary N) is 2. The van der Waals surface area contributed by atoms with Crippen LogP contribution in [0.3, 0.4) is 0 Å². The zero-order chi connectivity index (χ0) is 20.3. The highest BCUT2D eigenvalue weighted by molar-refractivity contribution is 6.29. The predicted octanol–water partition coefficient (Wildman–Crippen LogP) is 2.49. The Morgan fingerprint density at radius 1 is 1.14 bits per heavy atom. The molecule has 144 valence electrons. The third-order valence-electron chi connectivity index (χ3n) is 4.36. The number of carbonyl (C=O) groups is 3. The quantitative estimate of drug-likeness (QED) is 0.542. The Morgan fingerprint density at radius 2 is 1.82 bits per heavy atom. The third-order valence-corrected chi connectivity index (χ3v) is 4.36. The third kappa shape index (κ3) is 3.52. The van der Waals surface area contributed by atoms with E-state index in [1.165, 1.54) is 7.11 Å². The number of carbonyl (C=O) groups excluding carboxylic acids is 3. The maximum Gasteiger partial charge on any atom is 0.335 e. The van der Waals surface area contributed by atoms with E-state index in [0.717, 1.165) is 4.90 Å². The first-order valence-electron chi connectivity index (χ1n) is 8.57. The summed E-state index contributed by atoms with van der Waals surface area (Å²) in [7, 11) is 1.52. The van der Waals surface area contributed by atoms with Gasteiger partial charge in [-0.2, -0.15) is 0 Å². The van der Waals surface area contributed by atoms with Gasteiger partial charge in [-0.3, -0.25) is 14.9 Å². The number of nitrogens with two attached hydrogens (primary N) is 1. The van der Waals surface area contributed by atoms with Crippen LogP contribution in [0.5, 0.6) is 5.75 Å². The van der Waals surface area contributed by atoms with Crippen molar-refractivity contribution in [3.63, 3.8) is 0 Å². The minimum absolute atomic E-state index is 0.325. The Labute approximate surface area is 162 Å². The predicted molar refractivity (Wildman–Crippen MR) is 106 cm³/mol. The van der Waals surface area contributed by atoms with Gasteiger partial charge >= 0.3 is 6.03 Å². The number of ether oxygens (including phenoxy) is 1. The van der Waals surface area contributed by atoms with Crippen LogP contribution in [0.2, 0.25) is 0 Å². The van der Waals surface area contributed by atoms with Crippen LogP contribution >= 0.6 is 0 Å². The molecule has 1 aliphatic heterocycles. The largest absolute Gasteiger partial charge is 0.497 e. The number of rotatable bonds is 5. The lowest BCUT2D eigenvalue weighted by molar-refractivity contribution is -0.132. The molecule has 1 heterocycles. The van der Waals surface area contributed by atoms with E-state index in [2.05, 4.69) is 10.6 Å². The lowest BCUT2D eigenvalue weighted by Crippen LogP contribution is -2.59. The van der Waals surface area contributed by atoms with Crippen LogP contribution in [0, 0.1) is 5.92 Å². The van der Waals surface area contributed by atoms with Gasteiger partial charge in [-0.05, 0) is 43.3 Å². The number of anilines is 3. The number of barbiturate groups is 1. The molecule has 1 aliphatic rings. The topological polar surface area (TPSA) is 114 Å². The molecule has 8 heteroatoms. The monoisotopic (exact) mass is 380 g/mol. The van der Waals surface area contributed by atoms with Crippen molar-refractivity contribution in [3.05, 3.63) is 60.3 Å². The van der Waals surface area contributed by atoms with Gasteiger partial charge in [0.05, 0.1) is 24.2 Å². The van der Waals surface area contributed by atoms with Crippen molar-refractivity contribution in [1.29, 1.82) is 0 Å².